The van der Waals surface area contributed by atoms with E-state index in [0.29, 0.717) is 0 Å². The van der Waals surface area contributed by atoms with Crippen LogP contribution in [0.2, 0.25) is 0 Å². The molecule has 82 valence electrons. The average Bonchev–Trinajstić information content (AvgIpc) is 2.73. The van der Waals surface area contributed by atoms with Gasteiger partial charge in [0.05, 0.1) is 6.04 Å². The number of nitrogens with zero attached hydrogens (tertiary/aromatic N) is 1. The molecular weight excluding hydrogens is 208 g/mol. The number of hydrogen-bond donors (Lipinski definition) is 1. The van der Waals surface area contributed by atoms with E-state index in [1.165, 1.54) is 9.75 Å². The summed E-state index contributed by atoms with van der Waals surface area (Å²) in [5, 5.41) is 3.32. The van der Waals surface area contributed by atoms with Gasteiger partial charge in [-0.3, -0.25) is 10.1 Å². The molecule has 1 amide bonds. The lowest BCUT2D eigenvalue weighted by Crippen LogP contribution is -2.29. The number of nitrogens with one attached hydrogen (secondary N) is 1. The van der Waals surface area contributed by atoms with Gasteiger partial charge in [-0.25, -0.2) is 0 Å². The maximum absolute atomic E-state index is 11.8. The third-order valence-corrected chi connectivity index (χ3v) is 3.80. The fraction of sp³-hybridized carbons (Fsp3) is 0.545. The molecule has 2 unspecified atom stereocenters. The van der Waals surface area contributed by atoms with Crippen molar-refractivity contribution in [3.8, 4) is 0 Å². The SMILES string of the molecule is CCN1C(=O)C(C)NC1c1ccc(C)s1. The van der Waals surface area contributed by atoms with Gasteiger partial charge in [-0.05, 0) is 32.9 Å². The molecule has 0 saturated carbocycles. The first-order chi connectivity index (χ1) is 7.13. The highest BCUT2D eigenvalue weighted by Crippen LogP contribution is 2.29. The highest BCUT2D eigenvalue weighted by molar-refractivity contribution is 7.12. The zero-order valence-corrected chi connectivity index (χ0v) is 10.1. The van der Waals surface area contributed by atoms with Crippen LogP contribution in [0.15, 0.2) is 12.1 Å². The third kappa shape index (κ3) is 1.79. The number of amides is 1. The second kappa shape index (κ2) is 3.94. The van der Waals surface area contributed by atoms with Crippen molar-refractivity contribution in [1.82, 2.24) is 10.2 Å². The van der Waals surface area contributed by atoms with Gasteiger partial charge in [0.2, 0.25) is 5.91 Å². The molecule has 2 atom stereocenters. The maximum atomic E-state index is 11.8. The van der Waals surface area contributed by atoms with Crippen molar-refractivity contribution < 1.29 is 4.79 Å². The normalized spacial score (nSPS) is 26.3. The first-order valence-corrected chi connectivity index (χ1v) is 6.08. The van der Waals surface area contributed by atoms with E-state index in [1.807, 2.05) is 18.7 Å². The molecular formula is C11H16N2OS. The zero-order chi connectivity index (χ0) is 11.0. The fourth-order valence-corrected chi connectivity index (χ4v) is 2.90. The van der Waals surface area contributed by atoms with Crippen molar-refractivity contribution in [3.05, 3.63) is 21.9 Å². The molecule has 1 aliphatic rings. The second-order valence-electron chi connectivity index (χ2n) is 3.86. The molecule has 0 aliphatic carbocycles. The maximum Gasteiger partial charge on any atom is 0.241 e. The molecule has 0 spiro atoms. The van der Waals surface area contributed by atoms with Crippen LogP contribution < -0.4 is 5.32 Å². The van der Waals surface area contributed by atoms with Crippen LogP contribution in [0, 0.1) is 6.92 Å². The van der Waals surface area contributed by atoms with Crippen molar-refractivity contribution in [3.63, 3.8) is 0 Å². The molecule has 2 rings (SSSR count). The van der Waals surface area contributed by atoms with Crippen LogP contribution >= 0.6 is 11.3 Å². The lowest BCUT2D eigenvalue weighted by atomic mass is 10.3. The topological polar surface area (TPSA) is 32.3 Å². The predicted molar refractivity (Wildman–Crippen MR) is 61.8 cm³/mol. The molecule has 15 heavy (non-hydrogen) atoms. The van der Waals surface area contributed by atoms with Gasteiger partial charge in [-0.15, -0.1) is 11.3 Å². The Morgan fingerprint density at radius 3 is 2.80 bits per heavy atom. The van der Waals surface area contributed by atoms with Crippen molar-refractivity contribution in [2.24, 2.45) is 0 Å². The summed E-state index contributed by atoms with van der Waals surface area (Å²) >= 11 is 1.75. The Bertz CT molecular complexity index is 374. The summed E-state index contributed by atoms with van der Waals surface area (Å²) in [6.07, 6.45) is 0.0798. The van der Waals surface area contributed by atoms with Crippen LogP contribution in [-0.2, 0) is 4.79 Å². The van der Waals surface area contributed by atoms with Gasteiger partial charge in [-0.2, -0.15) is 0 Å². The number of aryl methyl sites for hydroxylation is 1. The molecule has 0 radical (unpaired) electrons. The number of carbonyl (C=O) groups is 1. The molecule has 1 aliphatic heterocycles. The van der Waals surface area contributed by atoms with E-state index in [-0.39, 0.29) is 18.1 Å². The minimum atomic E-state index is -0.0580. The van der Waals surface area contributed by atoms with Crippen LogP contribution in [0.25, 0.3) is 0 Å². The van der Waals surface area contributed by atoms with E-state index in [9.17, 15) is 4.79 Å². The summed E-state index contributed by atoms with van der Waals surface area (Å²) in [5.74, 6) is 0.202. The Kier molecular flexibility index (Phi) is 2.80. The van der Waals surface area contributed by atoms with E-state index in [2.05, 4.69) is 24.4 Å². The molecule has 1 aromatic rings. The minimum absolute atomic E-state index is 0.0580. The Morgan fingerprint density at radius 1 is 1.53 bits per heavy atom. The summed E-state index contributed by atoms with van der Waals surface area (Å²) in [6.45, 7) is 6.79. The van der Waals surface area contributed by atoms with E-state index in [1.54, 1.807) is 11.3 Å². The quantitative estimate of drug-likeness (QED) is 0.832. The van der Waals surface area contributed by atoms with E-state index >= 15 is 0 Å². The summed E-state index contributed by atoms with van der Waals surface area (Å²) in [4.78, 5) is 16.2. The monoisotopic (exact) mass is 224 g/mol. The van der Waals surface area contributed by atoms with Crippen LogP contribution in [0.3, 0.4) is 0 Å². The summed E-state index contributed by atoms with van der Waals surface area (Å²) in [5.41, 5.74) is 0. The molecule has 1 aromatic heterocycles. The number of thiophene rings is 1. The van der Waals surface area contributed by atoms with Crippen molar-refractivity contribution in [2.75, 3.05) is 6.54 Å². The molecule has 1 fully saturated rings. The largest absolute Gasteiger partial charge is 0.321 e. The lowest BCUT2D eigenvalue weighted by molar-refractivity contribution is -0.129. The van der Waals surface area contributed by atoms with Crippen LogP contribution in [0.1, 0.15) is 29.8 Å². The fourth-order valence-electron chi connectivity index (χ4n) is 1.95. The van der Waals surface area contributed by atoms with Gasteiger partial charge in [0, 0.05) is 16.3 Å². The molecule has 0 bridgehead atoms. The molecule has 4 heteroatoms. The number of likely N-dealkylation sites (N-methyl/N-ethyl adjacent to an activating group) is 1. The van der Waals surface area contributed by atoms with Gasteiger partial charge >= 0.3 is 0 Å². The molecule has 1 saturated heterocycles. The van der Waals surface area contributed by atoms with E-state index < -0.39 is 0 Å². The van der Waals surface area contributed by atoms with Gasteiger partial charge < -0.3 is 4.90 Å². The molecule has 3 nitrogen and oxygen atoms in total. The van der Waals surface area contributed by atoms with Crippen molar-refractivity contribution >= 4 is 17.2 Å². The number of carbonyl (C=O) groups excluding carboxylic acids is 1. The van der Waals surface area contributed by atoms with Crippen molar-refractivity contribution in [2.45, 2.75) is 33.0 Å². The zero-order valence-electron chi connectivity index (χ0n) is 9.28. The summed E-state index contributed by atoms with van der Waals surface area (Å²) < 4.78 is 0. The smallest absolute Gasteiger partial charge is 0.241 e. The first kappa shape index (κ1) is 10.6. The summed E-state index contributed by atoms with van der Waals surface area (Å²) in [6, 6.07) is 4.15. The van der Waals surface area contributed by atoms with Gasteiger partial charge in [-0.1, -0.05) is 0 Å². The van der Waals surface area contributed by atoms with Gasteiger partial charge in [0.1, 0.15) is 6.17 Å². The van der Waals surface area contributed by atoms with E-state index in [0.717, 1.165) is 6.54 Å². The average molecular weight is 224 g/mol. The Hall–Kier alpha value is -0.870. The highest BCUT2D eigenvalue weighted by atomic mass is 32.1. The van der Waals surface area contributed by atoms with Crippen LogP contribution in [0.4, 0.5) is 0 Å². The predicted octanol–water partition coefficient (Wildman–Crippen LogP) is 1.90. The van der Waals surface area contributed by atoms with Crippen LogP contribution in [0.5, 0.6) is 0 Å². The highest BCUT2D eigenvalue weighted by Gasteiger charge is 2.36. The van der Waals surface area contributed by atoms with Gasteiger partial charge in [0.25, 0.3) is 0 Å². The second-order valence-corrected chi connectivity index (χ2v) is 5.18. The first-order valence-electron chi connectivity index (χ1n) is 5.26. The Labute approximate surface area is 94.1 Å². The van der Waals surface area contributed by atoms with Gasteiger partial charge in [0.15, 0.2) is 0 Å². The number of hydrogen-bond acceptors (Lipinski definition) is 3. The summed E-state index contributed by atoms with van der Waals surface area (Å²) in [7, 11) is 0. The number of rotatable bonds is 2. The van der Waals surface area contributed by atoms with E-state index in [4.69, 9.17) is 0 Å². The van der Waals surface area contributed by atoms with Crippen molar-refractivity contribution in [1.29, 1.82) is 0 Å². The van der Waals surface area contributed by atoms with Crippen LogP contribution in [-0.4, -0.2) is 23.4 Å². The lowest BCUT2D eigenvalue weighted by Gasteiger charge is -2.21. The Morgan fingerprint density at radius 2 is 2.27 bits per heavy atom. The molecule has 1 N–H and O–H groups in total. The molecule has 0 aromatic carbocycles. The standard InChI is InChI=1S/C11H16N2OS/c1-4-13-10(12-8(3)11(13)14)9-6-5-7(2)15-9/h5-6,8,10,12H,4H2,1-3H3. The Balaban J connectivity index is 2.26. The third-order valence-electron chi connectivity index (χ3n) is 2.74. The minimum Gasteiger partial charge on any atom is -0.321 e. The molecule has 2 heterocycles.